The molecule has 2 N–H and O–H groups in total. The Bertz CT molecular complexity index is 753. The highest BCUT2D eigenvalue weighted by atomic mass is 16.2. The summed E-state index contributed by atoms with van der Waals surface area (Å²) in [6.07, 6.45) is 0. The molecule has 0 aliphatic rings. The average molecular weight is 279 g/mol. The van der Waals surface area contributed by atoms with Crippen LogP contribution in [0.15, 0.2) is 9.59 Å². The van der Waals surface area contributed by atoms with Crippen LogP contribution >= 0.6 is 0 Å². The highest BCUT2D eigenvalue weighted by molar-refractivity contribution is 5.71. The number of aromatic nitrogens is 4. The summed E-state index contributed by atoms with van der Waals surface area (Å²) in [5, 5.41) is 0. The number of imidazole rings is 1. The lowest BCUT2D eigenvalue weighted by atomic mass is 10.3. The Labute approximate surface area is 116 Å². The molecule has 0 aliphatic heterocycles. The fourth-order valence-electron chi connectivity index (χ4n) is 2.54. The SMILES string of the molecule is CCn1c(C)nc2c1c(=O)n(C(C)CN)c(=O)n2CC. The van der Waals surface area contributed by atoms with Crippen LogP contribution in [0.4, 0.5) is 0 Å². The summed E-state index contributed by atoms with van der Waals surface area (Å²) in [5.74, 6) is 0.736. The van der Waals surface area contributed by atoms with Crippen molar-refractivity contribution in [1.82, 2.24) is 18.7 Å². The summed E-state index contributed by atoms with van der Waals surface area (Å²) in [6, 6.07) is -0.335. The molecule has 2 aromatic heterocycles. The smallest absolute Gasteiger partial charge is 0.328 e. The second kappa shape index (κ2) is 5.24. The van der Waals surface area contributed by atoms with Crippen molar-refractivity contribution in [2.75, 3.05) is 6.54 Å². The molecule has 0 fully saturated rings. The second-order valence-corrected chi connectivity index (χ2v) is 4.86. The zero-order valence-electron chi connectivity index (χ0n) is 12.4. The predicted molar refractivity (Wildman–Crippen MR) is 78.1 cm³/mol. The molecule has 2 heterocycles. The zero-order chi connectivity index (χ0) is 15.0. The van der Waals surface area contributed by atoms with Gasteiger partial charge in [0.05, 0.1) is 6.04 Å². The Hall–Kier alpha value is -1.89. The lowest BCUT2D eigenvalue weighted by Crippen LogP contribution is -2.43. The highest BCUT2D eigenvalue weighted by Crippen LogP contribution is 2.11. The van der Waals surface area contributed by atoms with Crippen LogP contribution in [0.3, 0.4) is 0 Å². The Balaban J connectivity index is 3.04. The summed E-state index contributed by atoms with van der Waals surface area (Å²) < 4.78 is 4.60. The van der Waals surface area contributed by atoms with Gasteiger partial charge in [0.25, 0.3) is 5.56 Å². The van der Waals surface area contributed by atoms with E-state index in [1.54, 1.807) is 6.92 Å². The molecule has 0 saturated heterocycles. The maximum Gasteiger partial charge on any atom is 0.333 e. The Morgan fingerprint density at radius 2 is 1.80 bits per heavy atom. The van der Waals surface area contributed by atoms with E-state index in [-0.39, 0.29) is 23.8 Å². The first-order chi connectivity index (χ1) is 9.47. The Morgan fingerprint density at radius 3 is 2.30 bits per heavy atom. The van der Waals surface area contributed by atoms with E-state index in [1.807, 2.05) is 25.3 Å². The summed E-state index contributed by atoms with van der Waals surface area (Å²) in [7, 11) is 0. The van der Waals surface area contributed by atoms with Crippen LogP contribution in [0.2, 0.25) is 0 Å². The molecule has 0 spiro atoms. The monoisotopic (exact) mass is 279 g/mol. The molecule has 0 saturated carbocycles. The first kappa shape index (κ1) is 14.5. The third kappa shape index (κ3) is 1.89. The third-order valence-electron chi connectivity index (χ3n) is 3.67. The number of fused-ring (bicyclic) bond motifs is 1. The first-order valence-corrected chi connectivity index (χ1v) is 6.90. The quantitative estimate of drug-likeness (QED) is 0.867. The molecule has 0 amide bonds. The van der Waals surface area contributed by atoms with Gasteiger partial charge in [0, 0.05) is 19.6 Å². The number of hydrogen-bond acceptors (Lipinski definition) is 4. The number of rotatable bonds is 4. The normalized spacial score (nSPS) is 13.1. The lowest BCUT2D eigenvalue weighted by molar-refractivity contribution is 0.491. The largest absolute Gasteiger partial charge is 0.333 e. The third-order valence-corrected chi connectivity index (χ3v) is 3.67. The van der Waals surface area contributed by atoms with E-state index >= 15 is 0 Å². The summed E-state index contributed by atoms with van der Waals surface area (Å²) >= 11 is 0. The van der Waals surface area contributed by atoms with Crippen LogP contribution in [0.25, 0.3) is 11.2 Å². The molecule has 1 unspecified atom stereocenters. The molecule has 2 rings (SSSR count). The molecule has 20 heavy (non-hydrogen) atoms. The standard InChI is InChI=1S/C13H21N5O2/c1-5-16-9(4)15-11-10(16)12(19)18(8(3)7-14)13(20)17(11)6-2/h8H,5-7,14H2,1-4H3. The van der Waals surface area contributed by atoms with Crippen molar-refractivity contribution in [2.45, 2.75) is 46.8 Å². The Kier molecular flexibility index (Phi) is 3.80. The van der Waals surface area contributed by atoms with Gasteiger partial charge in [-0.3, -0.25) is 13.9 Å². The minimum atomic E-state index is -0.344. The molecular weight excluding hydrogens is 258 g/mol. The van der Waals surface area contributed by atoms with Crippen molar-refractivity contribution in [2.24, 2.45) is 5.73 Å². The van der Waals surface area contributed by atoms with E-state index in [0.29, 0.717) is 24.3 Å². The molecule has 0 aliphatic carbocycles. The van der Waals surface area contributed by atoms with E-state index < -0.39 is 0 Å². The van der Waals surface area contributed by atoms with Gasteiger partial charge in [-0.05, 0) is 27.7 Å². The van der Waals surface area contributed by atoms with E-state index in [9.17, 15) is 9.59 Å². The zero-order valence-corrected chi connectivity index (χ0v) is 12.4. The van der Waals surface area contributed by atoms with Gasteiger partial charge in [-0.1, -0.05) is 0 Å². The van der Waals surface area contributed by atoms with Crippen molar-refractivity contribution in [3.8, 4) is 0 Å². The van der Waals surface area contributed by atoms with Crippen molar-refractivity contribution < 1.29 is 0 Å². The van der Waals surface area contributed by atoms with Gasteiger partial charge in [-0.2, -0.15) is 0 Å². The number of nitrogens with two attached hydrogens (primary N) is 1. The van der Waals surface area contributed by atoms with Crippen LogP contribution < -0.4 is 17.0 Å². The average Bonchev–Trinajstić information content (AvgIpc) is 2.75. The highest BCUT2D eigenvalue weighted by Gasteiger charge is 2.20. The number of nitrogens with zero attached hydrogens (tertiary/aromatic N) is 4. The van der Waals surface area contributed by atoms with Gasteiger partial charge in [-0.25, -0.2) is 9.78 Å². The summed E-state index contributed by atoms with van der Waals surface area (Å²) in [5.41, 5.74) is 5.91. The van der Waals surface area contributed by atoms with Gasteiger partial charge in [0.1, 0.15) is 5.82 Å². The van der Waals surface area contributed by atoms with Gasteiger partial charge < -0.3 is 10.3 Å². The fourth-order valence-corrected chi connectivity index (χ4v) is 2.54. The van der Waals surface area contributed by atoms with E-state index in [2.05, 4.69) is 4.98 Å². The van der Waals surface area contributed by atoms with Gasteiger partial charge in [0.15, 0.2) is 11.2 Å². The predicted octanol–water partition coefficient (Wildman–Crippen LogP) is 0.228. The molecule has 110 valence electrons. The lowest BCUT2D eigenvalue weighted by Gasteiger charge is -2.15. The van der Waals surface area contributed by atoms with E-state index in [1.165, 1.54) is 9.13 Å². The van der Waals surface area contributed by atoms with Crippen LogP contribution in [0.1, 0.15) is 32.6 Å². The topological polar surface area (TPSA) is 87.8 Å². The minimum absolute atomic E-state index is 0.240. The molecule has 2 aromatic rings. The molecule has 7 heteroatoms. The molecular formula is C13H21N5O2. The minimum Gasteiger partial charge on any atom is -0.328 e. The summed E-state index contributed by atoms with van der Waals surface area (Å²) in [6.45, 7) is 8.76. The molecule has 0 aromatic carbocycles. The van der Waals surface area contributed by atoms with Crippen molar-refractivity contribution in [1.29, 1.82) is 0 Å². The van der Waals surface area contributed by atoms with Crippen LogP contribution in [-0.4, -0.2) is 25.2 Å². The molecule has 1 atom stereocenters. The van der Waals surface area contributed by atoms with E-state index in [0.717, 1.165) is 5.82 Å². The second-order valence-electron chi connectivity index (χ2n) is 4.86. The fraction of sp³-hybridized carbons (Fsp3) is 0.615. The molecule has 0 radical (unpaired) electrons. The maximum atomic E-state index is 12.6. The van der Waals surface area contributed by atoms with Gasteiger partial charge in [0.2, 0.25) is 0 Å². The van der Waals surface area contributed by atoms with Gasteiger partial charge in [-0.15, -0.1) is 0 Å². The van der Waals surface area contributed by atoms with Crippen LogP contribution in [0, 0.1) is 6.92 Å². The Morgan fingerprint density at radius 1 is 1.20 bits per heavy atom. The van der Waals surface area contributed by atoms with Crippen LogP contribution in [-0.2, 0) is 13.1 Å². The first-order valence-electron chi connectivity index (χ1n) is 6.90. The molecule has 0 bridgehead atoms. The van der Waals surface area contributed by atoms with Crippen molar-refractivity contribution in [3.05, 3.63) is 26.7 Å². The number of aryl methyl sites for hydroxylation is 3. The number of hydrogen-bond donors (Lipinski definition) is 1. The van der Waals surface area contributed by atoms with Crippen molar-refractivity contribution in [3.63, 3.8) is 0 Å². The van der Waals surface area contributed by atoms with Crippen molar-refractivity contribution >= 4 is 11.2 Å². The molecule has 7 nitrogen and oxygen atoms in total. The van der Waals surface area contributed by atoms with Gasteiger partial charge >= 0.3 is 5.69 Å². The van der Waals surface area contributed by atoms with Crippen LogP contribution in [0.5, 0.6) is 0 Å². The summed E-state index contributed by atoms with van der Waals surface area (Å²) in [4.78, 5) is 29.5. The maximum absolute atomic E-state index is 12.6. The van der Waals surface area contributed by atoms with E-state index in [4.69, 9.17) is 5.73 Å².